The second kappa shape index (κ2) is 5.87. The molecule has 0 aromatic rings. The van der Waals surface area contributed by atoms with Crippen molar-refractivity contribution in [2.45, 2.75) is 70.4 Å². The molecular weight excluding hydrogens is 248 g/mol. The van der Waals surface area contributed by atoms with Crippen LogP contribution < -0.4 is 11.1 Å². The zero-order chi connectivity index (χ0) is 13.8. The Bertz CT molecular complexity index is 315. The molecule has 1 amide bonds. The van der Waals surface area contributed by atoms with Gasteiger partial charge in [0.25, 0.3) is 0 Å². The second-order valence-corrected chi connectivity index (χ2v) is 6.43. The fourth-order valence-electron chi connectivity index (χ4n) is 2.26. The van der Waals surface area contributed by atoms with Gasteiger partial charge in [0, 0.05) is 0 Å². The standard InChI is InChI=1S/C13H24N2O2S/c1-12(2,3)17-11(16)15-13(10(14)18)8-6-4-5-7-9-13/h4-9H2,1-3H3,(H2,14,18)(H,15,16). The summed E-state index contributed by atoms with van der Waals surface area (Å²) < 4.78 is 5.29. The number of thiocarbonyl (C=S) groups is 1. The summed E-state index contributed by atoms with van der Waals surface area (Å²) in [5, 5.41) is 2.90. The molecule has 1 aliphatic rings. The van der Waals surface area contributed by atoms with E-state index in [-0.39, 0.29) is 0 Å². The quantitative estimate of drug-likeness (QED) is 0.599. The van der Waals surface area contributed by atoms with E-state index < -0.39 is 17.2 Å². The van der Waals surface area contributed by atoms with Gasteiger partial charge in [-0.1, -0.05) is 37.9 Å². The molecule has 0 saturated heterocycles. The number of nitrogens with two attached hydrogens (primary N) is 1. The van der Waals surface area contributed by atoms with Crippen molar-refractivity contribution >= 4 is 23.3 Å². The van der Waals surface area contributed by atoms with Gasteiger partial charge in [0.15, 0.2) is 0 Å². The predicted octanol–water partition coefficient (Wildman–Crippen LogP) is 2.89. The van der Waals surface area contributed by atoms with Crippen LogP contribution in [0.2, 0.25) is 0 Å². The van der Waals surface area contributed by atoms with Gasteiger partial charge in [-0.15, -0.1) is 0 Å². The van der Waals surface area contributed by atoms with E-state index in [1.54, 1.807) is 0 Å². The van der Waals surface area contributed by atoms with Crippen LogP contribution in [-0.4, -0.2) is 22.2 Å². The summed E-state index contributed by atoms with van der Waals surface area (Å²) in [6.07, 6.45) is 5.58. The first-order chi connectivity index (χ1) is 8.25. The number of amides is 1. The maximum atomic E-state index is 11.9. The van der Waals surface area contributed by atoms with Crippen LogP contribution in [0.4, 0.5) is 4.79 Å². The summed E-state index contributed by atoms with van der Waals surface area (Å²) in [7, 11) is 0. The van der Waals surface area contributed by atoms with Crippen molar-refractivity contribution < 1.29 is 9.53 Å². The van der Waals surface area contributed by atoms with Gasteiger partial charge in [-0.05, 0) is 33.6 Å². The molecule has 0 aromatic carbocycles. The van der Waals surface area contributed by atoms with Crippen molar-refractivity contribution in [3.05, 3.63) is 0 Å². The predicted molar refractivity (Wildman–Crippen MR) is 76.6 cm³/mol. The fraction of sp³-hybridized carbons (Fsp3) is 0.846. The molecule has 1 aliphatic carbocycles. The Hall–Kier alpha value is -0.840. The van der Waals surface area contributed by atoms with E-state index in [1.165, 1.54) is 12.8 Å². The van der Waals surface area contributed by atoms with Crippen LogP contribution in [0.25, 0.3) is 0 Å². The molecule has 1 saturated carbocycles. The van der Waals surface area contributed by atoms with Gasteiger partial charge in [0.2, 0.25) is 0 Å². The van der Waals surface area contributed by atoms with Crippen molar-refractivity contribution in [3.63, 3.8) is 0 Å². The summed E-state index contributed by atoms with van der Waals surface area (Å²) in [4.78, 5) is 12.3. The third kappa shape index (κ3) is 4.44. The molecule has 0 bridgehead atoms. The highest BCUT2D eigenvalue weighted by Gasteiger charge is 2.36. The molecule has 18 heavy (non-hydrogen) atoms. The highest BCUT2D eigenvalue weighted by molar-refractivity contribution is 7.80. The van der Waals surface area contributed by atoms with E-state index in [1.807, 2.05) is 20.8 Å². The highest BCUT2D eigenvalue weighted by atomic mass is 32.1. The minimum Gasteiger partial charge on any atom is -0.444 e. The van der Waals surface area contributed by atoms with E-state index in [9.17, 15) is 4.79 Å². The molecule has 3 N–H and O–H groups in total. The molecule has 0 atom stereocenters. The second-order valence-electron chi connectivity index (χ2n) is 5.99. The van der Waals surface area contributed by atoms with E-state index >= 15 is 0 Å². The molecule has 0 spiro atoms. The molecule has 0 aromatic heterocycles. The number of carbonyl (C=O) groups excluding carboxylic acids is 1. The van der Waals surface area contributed by atoms with Crippen LogP contribution in [0.1, 0.15) is 59.3 Å². The molecule has 0 unspecified atom stereocenters. The Labute approximate surface area is 115 Å². The Balaban J connectivity index is 2.73. The van der Waals surface area contributed by atoms with Crippen LogP contribution >= 0.6 is 12.2 Å². The van der Waals surface area contributed by atoms with E-state index in [2.05, 4.69) is 5.32 Å². The summed E-state index contributed by atoms with van der Waals surface area (Å²) >= 11 is 5.16. The van der Waals surface area contributed by atoms with Crippen molar-refractivity contribution in [2.75, 3.05) is 0 Å². The SMILES string of the molecule is CC(C)(C)OC(=O)NC1(C(N)=S)CCCCCC1. The third-order valence-corrected chi connectivity index (χ3v) is 3.56. The number of hydrogen-bond donors (Lipinski definition) is 2. The van der Waals surface area contributed by atoms with Crippen LogP contribution in [-0.2, 0) is 4.74 Å². The maximum Gasteiger partial charge on any atom is 0.408 e. The maximum absolute atomic E-state index is 11.9. The zero-order valence-electron chi connectivity index (χ0n) is 11.5. The molecular formula is C13H24N2O2S. The third-order valence-electron chi connectivity index (χ3n) is 3.17. The van der Waals surface area contributed by atoms with Gasteiger partial charge in [0.05, 0.1) is 10.5 Å². The number of nitrogens with one attached hydrogen (secondary N) is 1. The molecule has 4 nitrogen and oxygen atoms in total. The fourth-order valence-corrected chi connectivity index (χ4v) is 2.52. The lowest BCUT2D eigenvalue weighted by Gasteiger charge is -2.33. The van der Waals surface area contributed by atoms with Crippen LogP contribution in [0.5, 0.6) is 0 Å². The van der Waals surface area contributed by atoms with Crippen molar-refractivity contribution in [1.29, 1.82) is 0 Å². The molecule has 0 heterocycles. The average molecular weight is 272 g/mol. The van der Waals surface area contributed by atoms with E-state index in [4.69, 9.17) is 22.7 Å². The number of ether oxygens (including phenoxy) is 1. The Morgan fingerprint density at radius 3 is 2.11 bits per heavy atom. The highest BCUT2D eigenvalue weighted by Crippen LogP contribution is 2.28. The summed E-state index contributed by atoms with van der Waals surface area (Å²) in [5.41, 5.74) is 4.78. The molecule has 104 valence electrons. The van der Waals surface area contributed by atoms with Gasteiger partial charge in [-0.2, -0.15) is 0 Å². The molecule has 0 radical (unpaired) electrons. The van der Waals surface area contributed by atoms with Crippen LogP contribution in [0, 0.1) is 0 Å². The minimum absolute atomic E-state index is 0.371. The van der Waals surface area contributed by atoms with Crippen molar-refractivity contribution in [2.24, 2.45) is 5.73 Å². The average Bonchev–Trinajstić information content (AvgIpc) is 2.41. The largest absolute Gasteiger partial charge is 0.444 e. The smallest absolute Gasteiger partial charge is 0.408 e. The van der Waals surface area contributed by atoms with Gasteiger partial charge in [-0.25, -0.2) is 4.79 Å². The first kappa shape index (κ1) is 15.2. The first-order valence-electron chi connectivity index (χ1n) is 6.56. The number of carbonyl (C=O) groups is 1. The molecule has 5 heteroatoms. The topological polar surface area (TPSA) is 64.3 Å². The summed E-state index contributed by atoms with van der Waals surface area (Å²) in [6, 6.07) is 0. The number of rotatable bonds is 2. The summed E-state index contributed by atoms with van der Waals surface area (Å²) in [5.74, 6) is 0. The summed E-state index contributed by atoms with van der Waals surface area (Å²) in [6.45, 7) is 5.52. The monoisotopic (exact) mass is 272 g/mol. The van der Waals surface area contributed by atoms with Crippen LogP contribution in [0.15, 0.2) is 0 Å². The van der Waals surface area contributed by atoms with Crippen molar-refractivity contribution in [1.82, 2.24) is 5.32 Å². The Morgan fingerprint density at radius 2 is 1.72 bits per heavy atom. The van der Waals surface area contributed by atoms with Gasteiger partial charge in [-0.3, -0.25) is 0 Å². The number of hydrogen-bond acceptors (Lipinski definition) is 3. The molecule has 1 rings (SSSR count). The zero-order valence-corrected chi connectivity index (χ0v) is 12.4. The Morgan fingerprint density at radius 1 is 1.22 bits per heavy atom. The van der Waals surface area contributed by atoms with E-state index in [0.29, 0.717) is 4.99 Å². The van der Waals surface area contributed by atoms with Crippen molar-refractivity contribution in [3.8, 4) is 0 Å². The first-order valence-corrected chi connectivity index (χ1v) is 6.97. The minimum atomic E-state index is -0.561. The normalized spacial score (nSPS) is 19.7. The molecule has 1 fully saturated rings. The number of alkyl carbamates (subject to hydrolysis) is 1. The van der Waals surface area contributed by atoms with Gasteiger partial charge in [0.1, 0.15) is 5.60 Å². The Kier molecular flexibility index (Phi) is 4.96. The molecule has 0 aliphatic heterocycles. The lowest BCUT2D eigenvalue weighted by Crippen LogP contribution is -2.57. The van der Waals surface area contributed by atoms with Gasteiger partial charge >= 0.3 is 6.09 Å². The lowest BCUT2D eigenvalue weighted by atomic mass is 9.90. The van der Waals surface area contributed by atoms with Crippen LogP contribution in [0.3, 0.4) is 0 Å². The van der Waals surface area contributed by atoms with E-state index in [0.717, 1.165) is 25.7 Å². The van der Waals surface area contributed by atoms with Gasteiger partial charge < -0.3 is 15.8 Å². The lowest BCUT2D eigenvalue weighted by molar-refractivity contribution is 0.0479.